The van der Waals surface area contributed by atoms with Crippen LogP contribution in [0.25, 0.3) is 0 Å². The van der Waals surface area contributed by atoms with Crippen LogP contribution in [-0.4, -0.2) is 54.5 Å². The Bertz CT molecular complexity index is 388. The number of likely N-dealkylation sites (tertiary alicyclic amines) is 1. The number of hydrogen-bond donors (Lipinski definition) is 3. The van der Waals surface area contributed by atoms with Crippen molar-refractivity contribution in [2.75, 3.05) is 26.2 Å². The highest BCUT2D eigenvalue weighted by molar-refractivity contribution is 6.07. The number of rotatable bonds is 4. The molecule has 0 saturated carbocycles. The lowest BCUT2D eigenvalue weighted by Gasteiger charge is -2.36. The van der Waals surface area contributed by atoms with E-state index in [4.69, 9.17) is 0 Å². The molecule has 2 aliphatic heterocycles. The Morgan fingerprint density at radius 2 is 2.05 bits per heavy atom. The van der Waals surface area contributed by atoms with Crippen molar-refractivity contribution in [3.05, 3.63) is 0 Å². The summed E-state index contributed by atoms with van der Waals surface area (Å²) in [7, 11) is 0. The quantitative estimate of drug-likeness (QED) is 0.581. The van der Waals surface area contributed by atoms with E-state index in [-0.39, 0.29) is 11.8 Å². The van der Waals surface area contributed by atoms with Crippen molar-refractivity contribution >= 4 is 17.8 Å². The molecule has 4 amide bonds. The van der Waals surface area contributed by atoms with E-state index in [1.165, 1.54) is 0 Å². The van der Waals surface area contributed by atoms with Crippen LogP contribution in [-0.2, 0) is 9.59 Å². The van der Waals surface area contributed by atoms with Crippen molar-refractivity contribution in [3.8, 4) is 0 Å². The first-order valence-electron chi connectivity index (χ1n) is 6.68. The highest BCUT2D eigenvalue weighted by atomic mass is 16.2. The Morgan fingerprint density at radius 1 is 1.37 bits per heavy atom. The number of amides is 4. The molecular weight excluding hydrogens is 248 g/mol. The monoisotopic (exact) mass is 268 g/mol. The maximum Gasteiger partial charge on any atom is 0.322 e. The third-order valence-electron chi connectivity index (χ3n) is 3.66. The summed E-state index contributed by atoms with van der Waals surface area (Å²) in [5.41, 5.74) is -0.756. The summed E-state index contributed by atoms with van der Waals surface area (Å²) in [6, 6.07) is -0.417. The third kappa shape index (κ3) is 3.04. The molecule has 0 aromatic carbocycles. The van der Waals surface area contributed by atoms with Gasteiger partial charge in [-0.2, -0.15) is 0 Å². The summed E-state index contributed by atoms with van der Waals surface area (Å²) in [6.07, 6.45) is 2.01. The predicted octanol–water partition coefficient (Wildman–Crippen LogP) is -0.813. The highest BCUT2D eigenvalue weighted by Gasteiger charge is 2.47. The van der Waals surface area contributed by atoms with E-state index in [0.29, 0.717) is 39.0 Å². The first-order chi connectivity index (χ1) is 9.05. The fourth-order valence-corrected chi connectivity index (χ4v) is 2.50. The molecule has 0 aliphatic carbocycles. The van der Waals surface area contributed by atoms with Gasteiger partial charge in [-0.05, 0) is 19.3 Å². The Labute approximate surface area is 112 Å². The second-order valence-corrected chi connectivity index (χ2v) is 5.12. The van der Waals surface area contributed by atoms with Gasteiger partial charge in [0.05, 0.1) is 6.54 Å². The Kier molecular flexibility index (Phi) is 4.04. The van der Waals surface area contributed by atoms with E-state index in [9.17, 15) is 14.4 Å². The topological polar surface area (TPSA) is 90.5 Å². The van der Waals surface area contributed by atoms with Crippen molar-refractivity contribution in [2.24, 2.45) is 0 Å². The van der Waals surface area contributed by atoms with Gasteiger partial charge in [0.15, 0.2) is 0 Å². The van der Waals surface area contributed by atoms with Crippen LogP contribution in [0.5, 0.6) is 0 Å². The highest BCUT2D eigenvalue weighted by Crippen LogP contribution is 2.25. The van der Waals surface area contributed by atoms with E-state index in [2.05, 4.69) is 16.0 Å². The van der Waals surface area contributed by atoms with Crippen molar-refractivity contribution in [2.45, 2.75) is 31.7 Å². The van der Waals surface area contributed by atoms with Crippen molar-refractivity contribution < 1.29 is 14.4 Å². The molecule has 0 atom stereocenters. The molecule has 2 saturated heterocycles. The molecule has 19 heavy (non-hydrogen) atoms. The number of hydrogen-bond acceptors (Lipinski definition) is 4. The van der Waals surface area contributed by atoms with Gasteiger partial charge < -0.3 is 10.6 Å². The fourth-order valence-electron chi connectivity index (χ4n) is 2.50. The molecule has 7 heteroatoms. The van der Waals surface area contributed by atoms with Crippen LogP contribution in [0.15, 0.2) is 0 Å². The Hall–Kier alpha value is -1.63. The molecule has 2 fully saturated rings. The van der Waals surface area contributed by atoms with Crippen LogP contribution >= 0.6 is 0 Å². The molecule has 2 heterocycles. The van der Waals surface area contributed by atoms with Crippen LogP contribution in [0, 0.1) is 0 Å². The number of urea groups is 1. The molecule has 106 valence electrons. The van der Waals surface area contributed by atoms with Crippen LogP contribution in [0.1, 0.15) is 26.2 Å². The maximum atomic E-state index is 11.7. The van der Waals surface area contributed by atoms with Gasteiger partial charge in [0.25, 0.3) is 5.91 Å². The zero-order valence-corrected chi connectivity index (χ0v) is 11.1. The summed E-state index contributed by atoms with van der Waals surface area (Å²) >= 11 is 0. The number of carbonyl (C=O) groups is 3. The van der Waals surface area contributed by atoms with Crippen LogP contribution in [0.2, 0.25) is 0 Å². The van der Waals surface area contributed by atoms with E-state index in [1.54, 1.807) is 0 Å². The van der Waals surface area contributed by atoms with Crippen LogP contribution < -0.4 is 16.0 Å². The summed E-state index contributed by atoms with van der Waals surface area (Å²) in [5, 5.41) is 7.80. The first kappa shape index (κ1) is 13.8. The molecule has 0 aromatic rings. The first-order valence-corrected chi connectivity index (χ1v) is 6.68. The van der Waals surface area contributed by atoms with Gasteiger partial charge in [0.1, 0.15) is 5.54 Å². The largest absolute Gasteiger partial charge is 0.355 e. The molecule has 0 bridgehead atoms. The van der Waals surface area contributed by atoms with Crippen molar-refractivity contribution in [3.63, 3.8) is 0 Å². The Balaban J connectivity index is 1.81. The predicted molar refractivity (Wildman–Crippen MR) is 68.4 cm³/mol. The molecule has 3 N–H and O–H groups in total. The Morgan fingerprint density at radius 3 is 2.58 bits per heavy atom. The smallest absolute Gasteiger partial charge is 0.322 e. The summed E-state index contributed by atoms with van der Waals surface area (Å²) in [6.45, 7) is 4.31. The molecule has 0 aromatic heterocycles. The van der Waals surface area contributed by atoms with E-state index >= 15 is 0 Å². The lowest BCUT2D eigenvalue weighted by molar-refractivity contribution is -0.126. The molecule has 2 rings (SSSR count). The number of piperidine rings is 1. The minimum atomic E-state index is -0.756. The molecule has 0 unspecified atom stereocenters. The van der Waals surface area contributed by atoms with Crippen LogP contribution in [0.4, 0.5) is 4.79 Å². The minimum Gasteiger partial charge on any atom is -0.355 e. The van der Waals surface area contributed by atoms with E-state index < -0.39 is 11.6 Å². The van der Waals surface area contributed by atoms with E-state index in [1.807, 2.05) is 11.8 Å². The summed E-state index contributed by atoms with van der Waals surface area (Å²) in [4.78, 5) is 36.5. The fraction of sp³-hybridized carbons (Fsp3) is 0.750. The third-order valence-corrected chi connectivity index (χ3v) is 3.66. The lowest BCUT2D eigenvalue weighted by atomic mass is 9.88. The van der Waals surface area contributed by atoms with Gasteiger partial charge in [0, 0.05) is 19.6 Å². The van der Waals surface area contributed by atoms with Gasteiger partial charge in [-0.3, -0.25) is 19.8 Å². The van der Waals surface area contributed by atoms with Crippen molar-refractivity contribution in [1.29, 1.82) is 0 Å². The van der Waals surface area contributed by atoms with Crippen LogP contribution in [0.3, 0.4) is 0 Å². The maximum absolute atomic E-state index is 11.7. The molecule has 7 nitrogen and oxygen atoms in total. The van der Waals surface area contributed by atoms with E-state index in [0.717, 1.165) is 6.42 Å². The van der Waals surface area contributed by atoms with Gasteiger partial charge in [-0.15, -0.1) is 0 Å². The van der Waals surface area contributed by atoms with Gasteiger partial charge in [-0.25, -0.2) is 4.79 Å². The zero-order valence-electron chi connectivity index (χ0n) is 11.1. The standard InChI is InChI=1S/C12H20N4O3/c1-2-5-13-9(17)8-16-6-3-12(4-7-16)10(18)14-11(19)15-12/h2-8H2,1H3,(H,13,17)(H2,14,15,18,19). The summed E-state index contributed by atoms with van der Waals surface area (Å²) in [5.74, 6) is -0.231. The minimum absolute atomic E-state index is 0.0118. The molecule has 2 aliphatic rings. The average molecular weight is 268 g/mol. The normalized spacial score (nSPS) is 22.2. The molecule has 0 radical (unpaired) electrons. The van der Waals surface area contributed by atoms with Gasteiger partial charge >= 0.3 is 6.03 Å². The molecular formula is C12H20N4O3. The second-order valence-electron chi connectivity index (χ2n) is 5.12. The molecule has 1 spiro atoms. The SMILES string of the molecule is CCCNC(=O)CN1CCC2(CC1)NC(=O)NC2=O. The second kappa shape index (κ2) is 5.56. The van der Waals surface area contributed by atoms with Gasteiger partial charge in [0.2, 0.25) is 5.91 Å². The number of nitrogens with one attached hydrogen (secondary N) is 3. The zero-order chi connectivity index (χ0) is 13.9. The number of nitrogens with zero attached hydrogens (tertiary/aromatic N) is 1. The summed E-state index contributed by atoms with van der Waals surface area (Å²) < 4.78 is 0. The number of imide groups is 1. The average Bonchev–Trinajstić information content (AvgIpc) is 2.65. The van der Waals surface area contributed by atoms with Crippen molar-refractivity contribution in [1.82, 2.24) is 20.9 Å². The lowest BCUT2D eigenvalue weighted by Crippen LogP contribution is -2.55. The van der Waals surface area contributed by atoms with Gasteiger partial charge in [-0.1, -0.05) is 6.92 Å². The number of carbonyl (C=O) groups excluding carboxylic acids is 3.